The zero-order valence-electron chi connectivity index (χ0n) is 8.66. The van der Waals surface area contributed by atoms with E-state index in [1.54, 1.807) is 0 Å². The molecule has 88 valence electrons. The molecule has 7 heteroatoms. The fourth-order valence-corrected chi connectivity index (χ4v) is 0.823. The molecular weight excluding hydrogens is 202 g/mol. The second kappa shape index (κ2) is 8.01. The van der Waals surface area contributed by atoms with Gasteiger partial charge in [0, 0.05) is 13.7 Å². The van der Waals surface area contributed by atoms with Crippen LogP contribution in [0.1, 0.15) is 6.42 Å². The van der Waals surface area contributed by atoms with Gasteiger partial charge in [-0.1, -0.05) is 0 Å². The van der Waals surface area contributed by atoms with E-state index in [4.69, 9.17) is 10.8 Å². The van der Waals surface area contributed by atoms with Crippen molar-refractivity contribution in [2.75, 3.05) is 26.7 Å². The number of ether oxygens (including phenoxy) is 1. The molecule has 5 N–H and O–H groups in total. The van der Waals surface area contributed by atoms with Gasteiger partial charge in [0.1, 0.15) is 0 Å². The molecule has 0 saturated heterocycles. The number of methoxy groups -OCH3 is 1. The highest BCUT2D eigenvalue weighted by molar-refractivity contribution is 5.76. The molecule has 0 aliphatic carbocycles. The van der Waals surface area contributed by atoms with Crippen molar-refractivity contribution in [3.05, 3.63) is 0 Å². The molecule has 1 atom stereocenters. The number of carbonyl (C=O) groups excluding carboxylic acids is 1. The minimum Gasteiger partial charge on any atom is -0.479 e. The summed E-state index contributed by atoms with van der Waals surface area (Å²) in [5, 5.41) is 13.5. The minimum absolute atomic E-state index is 0.0692. The molecule has 0 radical (unpaired) electrons. The quantitative estimate of drug-likeness (QED) is 0.399. The summed E-state index contributed by atoms with van der Waals surface area (Å²) in [5.41, 5.74) is 5.23. The number of carboxylic acid groups (broad SMARTS) is 1. The Balaban J connectivity index is 3.64. The second-order valence-corrected chi connectivity index (χ2v) is 2.84. The van der Waals surface area contributed by atoms with Gasteiger partial charge in [-0.15, -0.1) is 0 Å². The summed E-state index contributed by atoms with van der Waals surface area (Å²) in [5.74, 6) is -1.11. The van der Waals surface area contributed by atoms with Crippen LogP contribution in [0.5, 0.6) is 0 Å². The number of amides is 2. The molecular formula is C8H17N3O4. The standard InChI is InChI=1S/C8H17N3O4/c1-15-6(7(12)13)5-11-8(14)10-4-2-3-9/h6H,2-5,9H2,1H3,(H,12,13)(H2,10,11,14). The number of nitrogens with one attached hydrogen (secondary N) is 2. The van der Waals surface area contributed by atoms with E-state index in [9.17, 15) is 9.59 Å². The number of hydrogen-bond donors (Lipinski definition) is 4. The molecule has 1 unspecified atom stereocenters. The molecule has 0 spiro atoms. The van der Waals surface area contributed by atoms with Crippen LogP contribution < -0.4 is 16.4 Å². The molecule has 15 heavy (non-hydrogen) atoms. The highest BCUT2D eigenvalue weighted by atomic mass is 16.5. The van der Waals surface area contributed by atoms with Gasteiger partial charge >= 0.3 is 12.0 Å². The van der Waals surface area contributed by atoms with Crippen LogP contribution in [0.3, 0.4) is 0 Å². The van der Waals surface area contributed by atoms with Gasteiger partial charge in [0.25, 0.3) is 0 Å². The molecule has 0 aromatic heterocycles. The number of carbonyl (C=O) groups is 2. The Morgan fingerprint density at radius 1 is 1.47 bits per heavy atom. The number of aliphatic carboxylic acids is 1. The van der Waals surface area contributed by atoms with Crippen molar-refractivity contribution in [3.8, 4) is 0 Å². The van der Waals surface area contributed by atoms with E-state index in [-0.39, 0.29) is 6.54 Å². The average molecular weight is 219 g/mol. The van der Waals surface area contributed by atoms with Crippen LogP contribution in [0.25, 0.3) is 0 Å². The molecule has 0 heterocycles. The van der Waals surface area contributed by atoms with Gasteiger partial charge in [0.05, 0.1) is 6.54 Å². The van der Waals surface area contributed by atoms with Crippen molar-refractivity contribution >= 4 is 12.0 Å². The van der Waals surface area contributed by atoms with Crippen molar-refractivity contribution in [1.82, 2.24) is 10.6 Å². The van der Waals surface area contributed by atoms with E-state index < -0.39 is 18.1 Å². The maximum atomic E-state index is 11.0. The molecule has 7 nitrogen and oxygen atoms in total. The van der Waals surface area contributed by atoms with E-state index in [0.29, 0.717) is 19.5 Å². The van der Waals surface area contributed by atoms with Crippen molar-refractivity contribution in [2.45, 2.75) is 12.5 Å². The SMILES string of the molecule is COC(CNC(=O)NCCCN)C(=O)O. The Morgan fingerprint density at radius 2 is 2.13 bits per heavy atom. The van der Waals surface area contributed by atoms with Crippen molar-refractivity contribution in [2.24, 2.45) is 5.73 Å². The van der Waals surface area contributed by atoms with Crippen LogP contribution in [0.4, 0.5) is 4.79 Å². The molecule has 0 bridgehead atoms. The van der Waals surface area contributed by atoms with E-state index in [1.165, 1.54) is 7.11 Å². The van der Waals surface area contributed by atoms with Crippen LogP contribution in [0, 0.1) is 0 Å². The van der Waals surface area contributed by atoms with Gasteiger partial charge in [-0.3, -0.25) is 0 Å². The smallest absolute Gasteiger partial charge is 0.334 e. The zero-order valence-corrected chi connectivity index (χ0v) is 8.66. The summed E-state index contributed by atoms with van der Waals surface area (Å²) in [7, 11) is 1.27. The lowest BCUT2D eigenvalue weighted by atomic mass is 10.3. The first kappa shape index (κ1) is 13.7. The average Bonchev–Trinajstić information content (AvgIpc) is 2.18. The zero-order chi connectivity index (χ0) is 11.7. The molecule has 2 amide bonds. The fraction of sp³-hybridized carbons (Fsp3) is 0.750. The summed E-state index contributed by atoms with van der Waals surface area (Å²) in [6.07, 6.45) is -0.342. The number of urea groups is 1. The fourth-order valence-electron chi connectivity index (χ4n) is 0.823. The van der Waals surface area contributed by atoms with Gasteiger partial charge in [-0.25, -0.2) is 9.59 Å². The lowest BCUT2D eigenvalue weighted by molar-refractivity contribution is -0.147. The highest BCUT2D eigenvalue weighted by Gasteiger charge is 2.16. The van der Waals surface area contributed by atoms with Crippen LogP contribution in [0.2, 0.25) is 0 Å². The Kier molecular flexibility index (Phi) is 7.29. The third-order valence-electron chi connectivity index (χ3n) is 1.67. The number of nitrogens with two attached hydrogens (primary N) is 1. The Hall–Kier alpha value is -1.34. The van der Waals surface area contributed by atoms with Crippen LogP contribution in [0.15, 0.2) is 0 Å². The Labute approximate surface area is 88.0 Å². The van der Waals surface area contributed by atoms with Gasteiger partial charge in [0.15, 0.2) is 6.10 Å². The van der Waals surface area contributed by atoms with Crippen LogP contribution >= 0.6 is 0 Å². The summed E-state index contributed by atoms with van der Waals surface area (Å²) in [6, 6.07) is -0.424. The van der Waals surface area contributed by atoms with E-state index >= 15 is 0 Å². The third kappa shape index (κ3) is 6.69. The normalized spacial score (nSPS) is 11.9. The summed E-state index contributed by atoms with van der Waals surface area (Å²) in [4.78, 5) is 21.5. The van der Waals surface area contributed by atoms with E-state index in [1.807, 2.05) is 0 Å². The first-order valence-electron chi connectivity index (χ1n) is 4.59. The molecule has 0 saturated carbocycles. The molecule has 0 aliphatic heterocycles. The topological polar surface area (TPSA) is 114 Å². The first-order chi connectivity index (χ1) is 7.11. The van der Waals surface area contributed by atoms with Gasteiger partial charge in [0.2, 0.25) is 0 Å². The van der Waals surface area contributed by atoms with Crippen LogP contribution in [-0.2, 0) is 9.53 Å². The summed E-state index contributed by atoms with van der Waals surface area (Å²) < 4.78 is 4.63. The van der Waals surface area contributed by atoms with Crippen LogP contribution in [-0.4, -0.2) is 50.0 Å². The van der Waals surface area contributed by atoms with Gasteiger partial charge < -0.3 is 26.2 Å². The largest absolute Gasteiger partial charge is 0.479 e. The highest BCUT2D eigenvalue weighted by Crippen LogP contribution is 1.87. The minimum atomic E-state index is -1.11. The van der Waals surface area contributed by atoms with Crippen molar-refractivity contribution in [3.63, 3.8) is 0 Å². The third-order valence-corrected chi connectivity index (χ3v) is 1.67. The Bertz CT molecular complexity index is 210. The number of rotatable bonds is 7. The second-order valence-electron chi connectivity index (χ2n) is 2.84. The van der Waals surface area contributed by atoms with E-state index in [0.717, 1.165) is 0 Å². The number of hydrogen-bond acceptors (Lipinski definition) is 4. The predicted molar refractivity (Wildman–Crippen MR) is 53.5 cm³/mol. The molecule has 0 rings (SSSR count). The molecule has 0 aromatic carbocycles. The lowest BCUT2D eigenvalue weighted by Gasteiger charge is -2.11. The van der Waals surface area contributed by atoms with Gasteiger partial charge in [-0.05, 0) is 13.0 Å². The maximum Gasteiger partial charge on any atom is 0.334 e. The Morgan fingerprint density at radius 3 is 2.60 bits per heavy atom. The monoisotopic (exact) mass is 219 g/mol. The molecule has 0 aromatic rings. The van der Waals surface area contributed by atoms with E-state index in [2.05, 4.69) is 15.4 Å². The molecule has 0 aliphatic rings. The van der Waals surface area contributed by atoms with Crippen molar-refractivity contribution in [1.29, 1.82) is 0 Å². The first-order valence-corrected chi connectivity index (χ1v) is 4.59. The summed E-state index contributed by atoms with van der Waals surface area (Å²) in [6.45, 7) is 0.892. The molecule has 0 fully saturated rings. The maximum absolute atomic E-state index is 11.0. The predicted octanol–water partition coefficient (Wildman–Crippen LogP) is -1.27. The summed E-state index contributed by atoms with van der Waals surface area (Å²) >= 11 is 0. The number of carboxylic acids is 1. The lowest BCUT2D eigenvalue weighted by Crippen LogP contribution is -2.43. The van der Waals surface area contributed by atoms with Gasteiger partial charge in [-0.2, -0.15) is 0 Å². The van der Waals surface area contributed by atoms with Crippen molar-refractivity contribution < 1.29 is 19.4 Å².